The van der Waals surface area contributed by atoms with E-state index in [-0.39, 0.29) is 19.2 Å². The fourth-order valence-corrected chi connectivity index (χ4v) is 6.60. The molecule has 0 radical (unpaired) electrons. The molecule has 0 aromatic rings. The molecule has 53 heavy (non-hydrogen) atoms. The van der Waals surface area contributed by atoms with Gasteiger partial charge in [-0.05, 0) is 64.2 Å². The number of carbonyl (C=O) groups excluding carboxylic acids is 1. The molecule has 9 nitrogen and oxygen atoms in total. The summed E-state index contributed by atoms with van der Waals surface area (Å²) in [4.78, 5) is 12.7. The summed E-state index contributed by atoms with van der Waals surface area (Å²) in [6, 6.07) is 0. The predicted octanol–water partition coefficient (Wildman–Crippen LogP) is 9.42. The average Bonchev–Trinajstić information content (AvgIpc) is 3.16. The van der Waals surface area contributed by atoms with Crippen LogP contribution >= 0.6 is 0 Å². The van der Waals surface area contributed by atoms with Crippen LogP contribution in [0, 0.1) is 0 Å². The van der Waals surface area contributed by atoms with E-state index in [1.165, 1.54) is 122 Å². The molecule has 1 aliphatic rings. The average molecular weight is 755 g/mol. The van der Waals surface area contributed by atoms with Gasteiger partial charge in [0.15, 0.2) is 6.29 Å². The molecule has 0 saturated carbocycles. The molecule has 1 rings (SSSR count). The minimum atomic E-state index is -1.54. The van der Waals surface area contributed by atoms with E-state index in [0.29, 0.717) is 13.0 Å². The Morgan fingerprint density at radius 1 is 0.585 bits per heavy atom. The van der Waals surface area contributed by atoms with Crippen LogP contribution in [-0.2, 0) is 23.7 Å². The molecular formula is C44H82O9. The molecule has 1 aliphatic heterocycles. The lowest BCUT2D eigenvalue weighted by molar-refractivity contribution is -0.305. The molecule has 1 saturated heterocycles. The zero-order chi connectivity index (χ0) is 38.6. The first-order valence-electron chi connectivity index (χ1n) is 21.9. The number of allylic oxidation sites excluding steroid dienone is 4. The number of hydrogen-bond acceptors (Lipinski definition) is 9. The van der Waals surface area contributed by atoms with Gasteiger partial charge in [0, 0.05) is 13.0 Å². The lowest BCUT2D eigenvalue weighted by Gasteiger charge is -2.39. The molecular weight excluding hydrogens is 672 g/mol. The number of unbranched alkanes of at least 4 members (excludes halogenated alkanes) is 22. The van der Waals surface area contributed by atoms with E-state index in [0.717, 1.165) is 44.9 Å². The topological polar surface area (TPSA) is 135 Å². The van der Waals surface area contributed by atoms with Crippen molar-refractivity contribution < 1.29 is 44.2 Å². The summed E-state index contributed by atoms with van der Waals surface area (Å²) in [7, 11) is 0. The highest BCUT2D eigenvalue weighted by Gasteiger charge is 2.44. The largest absolute Gasteiger partial charge is 0.457 e. The molecule has 9 heteroatoms. The Balaban J connectivity index is 2.29. The Bertz CT molecular complexity index is 864. The Hall–Kier alpha value is -1.33. The first kappa shape index (κ1) is 49.7. The maximum Gasteiger partial charge on any atom is 0.306 e. The summed E-state index contributed by atoms with van der Waals surface area (Å²) in [5.41, 5.74) is 0. The van der Waals surface area contributed by atoms with Crippen LogP contribution in [0.3, 0.4) is 0 Å². The molecule has 0 aromatic carbocycles. The van der Waals surface area contributed by atoms with Crippen LogP contribution < -0.4 is 0 Å². The normalized spacial score (nSPS) is 21.2. The second-order valence-corrected chi connectivity index (χ2v) is 15.1. The van der Waals surface area contributed by atoms with Crippen LogP contribution in [0.5, 0.6) is 0 Å². The van der Waals surface area contributed by atoms with Crippen LogP contribution in [0.2, 0.25) is 0 Å². The van der Waals surface area contributed by atoms with Gasteiger partial charge in [-0.15, -0.1) is 0 Å². The van der Waals surface area contributed by atoms with Gasteiger partial charge in [-0.3, -0.25) is 4.79 Å². The van der Waals surface area contributed by atoms with E-state index >= 15 is 0 Å². The molecule has 0 aliphatic carbocycles. The number of carbonyl (C=O) groups is 1. The van der Waals surface area contributed by atoms with Crippen molar-refractivity contribution >= 4 is 5.97 Å². The van der Waals surface area contributed by atoms with Gasteiger partial charge in [0.1, 0.15) is 30.5 Å². The summed E-state index contributed by atoms with van der Waals surface area (Å²) in [6.45, 7) is 4.53. The number of aliphatic hydroxyl groups excluding tert-OH is 4. The molecule has 4 N–H and O–H groups in total. The molecule has 1 heterocycles. The van der Waals surface area contributed by atoms with Crippen LogP contribution in [0.1, 0.15) is 187 Å². The Kier molecular flexibility index (Phi) is 34.0. The van der Waals surface area contributed by atoms with Gasteiger partial charge in [0.2, 0.25) is 0 Å². The SMILES string of the molecule is CCCCCC/C=C\CCCCCCCCOCC(COC1OC(CO)C(O)C(O)C1O)OC(=O)CCCCCCC/C=C\CCCCCCCCC. The minimum absolute atomic E-state index is 0.117. The van der Waals surface area contributed by atoms with E-state index in [2.05, 4.69) is 38.2 Å². The molecule has 0 spiro atoms. The summed E-state index contributed by atoms with van der Waals surface area (Å²) >= 11 is 0. The molecule has 1 fully saturated rings. The number of hydrogen-bond donors (Lipinski definition) is 4. The van der Waals surface area contributed by atoms with Crippen molar-refractivity contribution in [1.82, 2.24) is 0 Å². The highest BCUT2D eigenvalue weighted by Crippen LogP contribution is 2.22. The van der Waals surface area contributed by atoms with Gasteiger partial charge in [-0.2, -0.15) is 0 Å². The van der Waals surface area contributed by atoms with Crippen molar-refractivity contribution in [1.29, 1.82) is 0 Å². The summed E-state index contributed by atoms with van der Waals surface area (Å²) < 4.78 is 22.8. The Morgan fingerprint density at radius 2 is 1.04 bits per heavy atom. The van der Waals surface area contributed by atoms with Crippen molar-refractivity contribution in [3.63, 3.8) is 0 Å². The first-order valence-corrected chi connectivity index (χ1v) is 21.9. The quantitative estimate of drug-likeness (QED) is 0.0278. The molecule has 0 amide bonds. The van der Waals surface area contributed by atoms with Gasteiger partial charge >= 0.3 is 5.97 Å². The monoisotopic (exact) mass is 755 g/mol. The van der Waals surface area contributed by atoms with Crippen molar-refractivity contribution in [3.8, 4) is 0 Å². The number of ether oxygens (including phenoxy) is 4. The van der Waals surface area contributed by atoms with E-state index in [1.807, 2.05) is 0 Å². The number of esters is 1. The minimum Gasteiger partial charge on any atom is -0.457 e. The number of rotatable bonds is 37. The fourth-order valence-electron chi connectivity index (χ4n) is 6.60. The lowest BCUT2D eigenvalue weighted by Crippen LogP contribution is -2.59. The maximum absolute atomic E-state index is 12.7. The zero-order valence-electron chi connectivity index (χ0n) is 34.0. The van der Waals surface area contributed by atoms with Crippen LogP contribution in [0.15, 0.2) is 24.3 Å². The molecule has 0 bridgehead atoms. The maximum atomic E-state index is 12.7. The third-order valence-corrected chi connectivity index (χ3v) is 10.1. The van der Waals surface area contributed by atoms with Crippen LogP contribution in [-0.4, -0.2) is 89.6 Å². The molecule has 6 atom stereocenters. The fraction of sp³-hybridized carbons (Fsp3) is 0.886. The second-order valence-electron chi connectivity index (χ2n) is 15.1. The van der Waals surface area contributed by atoms with E-state index in [1.54, 1.807) is 0 Å². The van der Waals surface area contributed by atoms with Gasteiger partial charge in [0.05, 0.1) is 19.8 Å². The van der Waals surface area contributed by atoms with Crippen molar-refractivity contribution in [2.24, 2.45) is 0 Å². The second kappa shape index (κ2) is 36.3. The summed E-state index contributed by atoms with van der Waals surface area (Å²) in [5, 5.41) is 40.1. The van der Waals surface area contributed by atoms with Crippen LogP contribution in [0.4, 0.5) is 0 Å². The molecule has 6 unspecified atom stereocenters. The van der Waals surface area contributed by atoms with E-state index < -0.39 is 43.4 Å². The van der Waals surface area contributed by atoms with Gasteiger partial charge in [0.25, 0.3) is 0 Å². The van der Waals surface area contributed by atoms with Gasteiger partial charge < -0.3 is 39.4 Å². The third kappa shape index (κ3) is 27.8. The predicted molar refractivity (Wildman–Crippen MR) is 215 cm³/mol. The van der Waals surface area contributed by atoms with Crippen LogP contribution in [0.25, 0.3) is 0 Å². The molecule has 312 valence electrons. The Labute approximate surface area is 324 Å². The molecule has 0 aromatic heterocycles. The number of aliphatic hydroxyl groups is 4. The van der Waals surface area contributed by atoms with Crippen molar-refractivity contribution in [3.05, 3.63) is 24.3 Å². The van der Waals surface area contributed by atoms with Gasteiger partial charge in [-0.25, -0.2) is 0 Å². The van der Waals surface area contributed by atoms with Crippen molar-refractivity contribution in [2.75, 3.05) is 26.4 Å². The van der Waals surface area contributed by atoms with E-state index in [4.69, 9.17) is 18.9 Å². The lowest BCUT2D eigenvalue weighted by atomic mass is 9.99. The van der Waals surface area contributed by atoms with Gasteiger partial charge in [-0.1, -0.05) is 141 Å². The third-order valence-electron chi connectivity index (χ3n) is 10.1. The highest BCUT2D eigenvalue weighted by molar-refractivity contribution is 5.69. The van der Waals surface area contributed by atoms with E-state index in [9.17, 15) is 25.2 Å². The van der Waals surface area contributed by atoms with Crippen molar-refractivity contribution in [2.45, 2.75) is 224 Å². The standard InChI is InChI=1S/C44H82O9/c1-3-5-7-9-11-13-15-17-19-20-21-23-25-27-29-31-33-40(46)52-38(37-51-44-43(49)42(48)41(47)39(35-45)53-44)36-50-34-32-30-28-26-24-22-18-16-14-12-10-8-6-4-2/h14,16,19-20,38-39,41-45,47-49H,3-13,15,17-18,21-37H2,1-2H3/b16-14-,20-19-. The Morgan fingerprint density at radius 3 is 1.55 bits per heavy atom. The zero-order valence-corrected chi connectivity index (χ0v) is 34.0. The summed E-state index contributed by atoms with van der Waals surface area (Å²) in [5.74, 6) is -0.323. The summed E-state index contributed by atoms with van der Waals surface area (Å²) in [6.07, 6.45) is 33.4. The smallest absolute Gasteiger partial charge is 0.306 e. The first-order chi connectivity index (χ1) is 25.9. The highest BCUT2D eigenvalue weighted by atomic mass is 16.7.